The second kappa shape index (κ2) is 5.48. The molecule has 2 aromatic rings. The number of Topliss-reactive ketones (excluding diaryl/α,β-unsaturated/α-hetero) is 1. The topological polar surface area (TPSA) is 30.2 Å². The number of benzene rings is 1. The first-order chi connectivity index (χ1) is 8.29. The quantitative estimate of drug-likeness (QED) is 0.731. The van der Waals surface area contributed by atoms with Crippen molar-refractivity contribution in [2.45, 2.75) is 26.2 Å². The minimum absolute atomic E-state index is 0.178. The van der Waals surface area contributed by atoms with Crippen LogP contribution in [0.5, 0.6) is 0 Å². The fourth-order valence-electron chi connectivity index (χ4n) is 1.80. The van der Waals surface area contributed by atoms with Gasteiger partial charge in [0.25, 0.3) is 0 Å². The molecule has 0 aliphatic carbocycles. The maximum atomic E-state index is 12.0. The van der Waals surface area contributed by atoms with Gasteiger partial charge in [-0.2, -0.15) is 0 Å². The Kier molecular flexibility index (Phi) is 3.76. The van der Waals surface area contributed by atoms with Crippen LogP contribution in [0.15, 0.2) is 47.1 Å². The standard InChI is InChI=1S/C15H16O2/c1-2-12-5-3-6-13(11-12)15(16)9-8-14-7-4-10-17-14/h3-7,10-11H,2,8-9H2,1H3. The molecule has 0 radical (unpaired) electrons. The molecule has 1 aromatic carbocycles. The zero-order valence-electron chi connectivity index (χ0n) is 9.98. The lowest BCUT2D eigenvalue weighted by atomic mass is 10.0. The Morgan fingerprint density at radius 2 is 2.12 bits per heavy atom. The van der Waals surface area contributed by atoms with Gasteiger partial charge >= 0.3 is 0 Å². The highest BCUT2D eigenvalue weighted by Crippen LogP contribution is 2.11. The summed E-state index contributed by atoms with van der Waals surface area (Å²) in [5.41, 5.74) is 2.00. The van der Waals surface area contributed by atoms with Crippen molar-refractivity contribution in [2.75, 3.05) is 0 Å². The monoisotopic (exact) mass is 228 g/mol. The third-order valence-electron chi connectivity index (χ3n) is 2.84. The molecule has 0 saturated carbocycles. The largest absolute Gasteiger partial charge is 0.469 e. The molecule has 2 rings (SSSR count). The number of hydrogen-bond acceptors (Lipinski definition) is 2. The summed E-state index contributed by atoms with van der Waals surface area (Å²) < 4.78 is 5.21. The lowest BCUT2D eigenvalue weighted by Crippen LogP contribution is -2.01. The second-order valence-electron chi connectivity index (χ2n) is 4.06. The van der Waals surface area contributed by atoms with Crippen LogP contribution in [0.2, 0.25) is 0 Å². The van der Waals surface area contributed by atoms with Gasteiger partial charge in [-0.05, 0) is 30.2 Å². The molecule has 0 saturated heterocycles. The summed E-state index contributed by atoms with van der Waals surface area (Å²) in [6, 6.07) is 11.6. The predicted molar refractivity (Wildman–Crippen MR) is 67.2 cm³/mol. The van der Waals surface area contributed by atoms with Crippen molar-refractivity contribution in [1.82, 2.24) is 0 Å². The van der Waals surface area contributed by atoms with Crippen LogP contribution in [0.4, 0.5) is 0 Å². The molecular weight excluding hydrogens is 212 g/mol. The van der Waals surface area contributed by atoms with E-state index in [2.05, 4.69) is 6.92 Å². The van der Waals surface area contributed by atoms with E-state index in [0.29, 0.717) is 12.8 Å². The van der Waals surface area contributed by atoms with Crippen LogP contribution < -0.4 is 0 Å². The molecule has 0 amide bonds. The minimum atomic E-state index is 0.178. The molecule has 0 spiro atoms. The van der Waals surface area contributed by atoms with Gasteiger partial charge in [0.1, 0.15) is 5.76 Å². The Morgan fingerprint density at radius 1 is 1.24 bits per heavy atom. The van der Waals surface area contributed by atoms with E-state index < -0.39 is 0 Å². The van der Waals surface area contributed by atoms with E-state index in [9.17, 15) is 4.79 Å². The molecule has 0 unspecified atom stereocenters. The van der Waals surface area contributed by atoms with Crippen molar-refractivity contribution < 1.29 is 9.21 Å². The van der Waals surface area contributed by atoms with Gasteiger partial charge in [0.2, 0.25) is 0 Å². The highest BCUT2D eigenvalue weighted by Gasteiger charge is 2.07. The molecule has 2 nitrogen and oxygen atoms in total. The van der Waals surface area contributed by atoms with Gasteiger partial charge in [0, 0.05) is 18.4 Å². The summed E-state index contributed by atoms with van der Waals surface area (Å²) in [5, 5.41) is 0. The third kappa shape index (κ3) is 3.06. The Morgan fingerprint density at radius 3 is 2.82 bits per heavy atom. The smallest absolute Gasteiger partial charge is 0.163 e. The Balaban J connectivity index is 1.99. The van der Waals surface area contributed by atoms with Gasteiger partial charge < -0.3 is 4.42 Å². The van der Waals surface area contributed by atoms with Crippen molar-refractivity contribution >= 4 is 5.78 Å². The van der Waals surface area contributed by atoms with Crippen LogP contribution in [0, 0.1) is 0 Å². The van der Waals surface area contributed by atoms with Crippen LogP contribution in [0.25, 0.3) is 0 Å². The number of hydrogen-bond donors (Lipinski definition) is 0. The SMILES string of the molecule is CCc1cccc(C(=O)CCc2ccco2)c1. The summed E-state index contributed by atoms with van der Waals surface area (Å²) >= 11 is 0. The third-order valence-corrected chi connectivity index (χ3v) is 2.84. The van der Waals surface area contributed by atoms with Crippen LogP contribution in [-0.2, 0) is 12.8 Å². The highest BCUT2D eigenvalue weighted by atomic mass is 16.3. The van der Waals surface area contributed by atoms with Crippen LogP contribution in [-0.4, -0.2) is 5.78 Å². The van der Waals surface area contributed by atoms with E-state index in [0.717, 1.165) is 17.7 Å². The fraction of sp³-hybridized carbons (Fsp3) is 0.267. The van der Waals surface area contributed by atoms with Gasteiger partial charge in [0.05, 0.1) is 6.26 Å². The number of ketones is 1. The molecular formula is C15H16O2. The van der Waals surface area contributed by atoms with Gasteiger partial charge in [0.15, 0.2) is 5.78 Å². The molecule has 1 heterocycles. The second-order valence-corrected chi connectivity index (χ2v) is 4.06. The molecule has 0 atom stereocenters. The lowest BCUT2D eigenvalue weighted by Gasteiger charge is -2.02. The number of carbonyl (C=O) groups is 1. The molecule has 0 N–H and O–H groups in total. The number of aryl methyl sites for hydroxylation is 2. The average Bonchev–Trinajstić information content (AvgIpc) is 2.89. The molecule has 2 heteroatoms. The van der Waals surface area contributed by atoms with Crippen molar-refractivity contribution in [3.63, 3.8) is 0 Å². The summed E-state index contributed by atoms with van der Waals surface area (Å²) in [6.45, 7) is 2.09. The molecule has 88 valence electrons. The number of carbonyl (C=O) groups excluding carboxylic acids is 1. The molecule has 0 aliphatic rings. The van der Waals surface area contributed by atoms with Crippen molar-refractivity contribution in [1.29, 1.82) is 0 Å². The Labute approximate surface area is 101 Å². The molecule has 0 fully saturated rings. The minimum Gasteiger partial charge on any atom is -0.469 e. The van der Waals surface area contributed by atoms with Crippen molar-refractivity contribution in [2.24, 2.45) is 0 Å². The molecule has 17 heavy (non-hydrogen) atoms. The van der Waals surface area contributed by atoms with Gasteiger partial charge in [-0.3, -0.25) is 4.79 Å². The van der Waals surface area contributed by atoms with E-state index in [1.807, 2.05) is 36.4 Å². The molecule has 1 aromatic heterocycles. The van der Waals surface area contributed by atoms with E-state index >= 15 is 0 Å². The van der Waals surface area contributed by atoms with Crippen LogP contribution in [0.3, 0.4) is 0 Å². The highest BCUT2D eigenvalue weighted by molar-refractivity contribution is 5.96. The normalized spacial score (nSPS) is 10.4. The van der Waals surface area contributed by atoms with Gasteiger partial charge in [-0.1, -0.05) is 25.1 Å². The maximum absolute atomic E-state index is 12.0. The zero-order valence-corrected chi connectivity index (χ0v) is 9.98. The zero-order chi connectivity index (χ0) is 12.1. The van der Waals surface area contributed by atoms with Crippen LogP contribution >= 0.6 is 0 Å². The average molecular weight is 228 g/mol. The van der Waals surface area contributed by atoms with Gasteiger partial charge in [-0.25, -0.2) is 0 Å². The first-order valence-electron chi connectivity index (χ1n) is 5.94. The van der Waals surface area contributed by atoms with E-state index in [-0.39, 0.29) is 5.78 Å². The Bertz CT molecular complexity index is 483. The number of rotatable bonds is 5. The van der Waals surface area contributed by atoms with Crippen molar-refractivity contribution in [3.05, 3.63) is 59.5 Å². The summed E-state index contributed by atoms with van der Waals surface area (Å²) in [5.74, 6) is 1.04. The molecule has 0 aliphatic heterocycles. The van der Waals surface area contributed by atoms with E-state index in [1.165, 1.54) is 5.56 Å². The first kappa shape index (κ1) is 11.6. The van der Waals surface area contributed by atoms with E-state index in [1.54, 1.807) is 6.26 Å². The summed E-state index contributed by atoms with van der Waals surface area (Å²) in [6.07, 6.45) is 3.76. The number of furan rings is 1. The molecule has 0 bridgehead atoms. The predicted octanol–water partition coefficient (Wildman–Crippen LogP) is 3.66. The van der Waals surface area contributed by atoms with Crippen molar-refractivity contribution in [3.8, 4) is 0 Å². The van der Waals surface area contributed by atoms with E-state index in [4.69, 9.17) is 4.42 Å². The van der Waals surface area contributed by atoms with Gasteiger partial charge in [-0.15, -0.1) is 0 Å². The first-order valence-corrected chi connectivity index (χ1v) is 5.94. The lowest BCUT2D eigenvalue weighted by molar-refractivity contribution is 0.0981. The maximum Gasteiger partial charge on any atom is 0.163 e. The Hall–Kier alpha value is -1.83. The summed E-state index contributed by atoms with van der Waals surface area (Å²) in [4.78, 5) is 12.0. The fourth-order valence-corrected chi connectivity index (χ4v) is 1.80. The summed E-state index contributed by atoms with van der Waals surface area (Å²) in [7, 11) is 0. The van der Waals surface area contributed by atoms with Crippen LogP contribution in [0.1, 0.15) is 35.0 Å².